The van der Waals surface area contributed by atoms with Crippen molar-refractivity contribution in [2.75, 3.05) is 60.5 Å². The first-order valence-corrected chi connectivity index (χ1v) is 10.3. The van der Waals surface area contributed by atoms with Crippen LogP contribution in [0.3, 0.4) is 0 Å². The molecule has 2 aromatic rings. The lowest BCUT2D eigenvalue weighted by Crippen LogP contribution is -2.32. The van der Waals surface area contributed by atoms with Crippen LogP contribution in [0.2, 0.25) is 0 Å². The fourth-order valence-corrected chi connectivity index (χ4v) is 3.37. The van der Waals surface area contributed by atoms with Gasteiger partial charge < -0.3 is 35.4 Å². The Kier molecular flexibility index (Phi) is 7.53. The maximum absolute atomic E-state index is 9.49. The van der Waals surface area contributed by atoms with Gasteiger partial charge in [0.2, 0.25) is 5.95 Å². The van der Waals surface area contributed by atoms with Crippen molar-refractivity contribution in [2.24, 2.45) is 0 Å². The maximum atomic E-state index is 9.49. The van der Waals surface area contributed by atoms with Gasteiger partial charge in [0.25, 0.3) is 0 Å². The Morgan fingerprint density at radius 2 is 1.93 bits per heavy atom. The Bertz CT molecular complexity index is 815. The fourth-order valence-electron chi connectivity index (χ4n) is 3.37. The molecule has 1 aromatic heterocycles. The topological polar surface area (TPSA) is 106 Å². The van der Waals surface area contributed by atoms with E-state index >= 15 is 0 Å². The zero-order valence-corrected chi connectivity index (χ0v) is 17.9. The lowest BCUT2D eigenvalue weighted by Gasteiger charge is -2.25. The monoisotopic (exact) mass is 416 g/mol. The SMILES string of the molecule is COc1ccc(CNc2nc(N(CCO)CCCO)nc3c2NCN3C(C)C)cc1. The molecule has 0 fully saturated rings. The highest BCUT2D eigenvalue weighted by atomic mass is 16.5. The molecular weight excluding hydrogens is 384 g/mol. The summed E-state index contributed by atoms with van der Waals surface area (Å²) in [4.78, 5) is 13.6. The summed E-state index contributed by atoms with van der Waals surface area (Å²) in [6.07, 6.45) is 0.585. The highest BCUT2D eigenvalue weighted by molar-refractivity contribution is 5.83. The average molecular weight is 417 g/mol. The second-order valence-electron chi connectivity index (χ2n) is 7.46. The van der Waals surface area contributed by atoms with Crippen molar-refractivity contribution in [3.63, 3.8) is 0 Å². The van der Waals surface area contributed by atoms with E-state index in [1.54, 1.807) is 7.11 Å². The number of methoxy groups -OCH3 is 1. The Labute approximate surface area is 177 Å². The van der Waals surface area contributed by atoms with Gasteiger partial charge in [-0.15, -0.1) is 0 Å². The van der Waals surface area contributed by atoms with Crippen molar-refractivity contribution in [2.45, 2.75) is 32.9 Å². The van der Waals surface area contributed by atoms with E-state index in [1.807, 2.05) is 29.2 Å². The Hall–Kier alpha value is -2.78. The molecule has 0 saturated carbocycles. The molecule has 0 atom stereocenters. The van der Waals surface area contributed by atoms with Gasteiger partial charge in [-0.3, -0.25) is 0 Å². The summed E-state index contributed by atoms with van der Waals surface area (Å²) in [5.74, 6) is 2.93. The van der Waals surface area contributed by atoms with Crippen LogP contribution in [-0.2, 0) is 6.54 Å². The molecule has 0 amide bonds. The Morgan fingerprint density at radius 1 is 1.17 bits per heavy atom. The number of anilines is 4. The minimum atomic E-state index is -0.00731. The van der Waals surface area contributed by atoms with Crippen LogP contribution in [0.1, 0.15) is 25.8 Å². The molecule has 1 aromatic carbocycles. The molecule has 9 heteroatoms. The molecule has 0 unspecified atom stereocenters. The highest BCUT2D eigenvalue weighted by Crippen LogP contribution is 2.38. The number of aromatic nitrogens is 2. The average Bonchev–Trinajstić information content (AvgIpc) is 3.19. The summed E-state index contributed by atoms with van der Waals surface area (Å²) in [6.45, 7) is 6.57. The maximum Gasteiger partial charge on any atom is 0.229 e. The number of hydrogen-bond acceptors (Lipinski definition) is 9. The first-order chi connectivity index (χ1) is 14.6. The van der Waals surface area contributed by atoms with E-state index in [9.17, 15) is 10.2 Å². The summed E-state index contributed by atoms with van der Waals surface area (Å²) in [6, 6.07) is 8.18. The van der Waals surface area contributed by atoms with Gasteiger partial charge in [-0.25, -0.2) is 0 Å². The number of ether oxygens (including phenoxy) is 1. The van der Waals surface area contributed by atoms with Gasteiger partial charge in [-0.05, 0) is 38.0 Å². The molecule has 2 heterocycles. The van der Waals surface area contributed by atoms with Crippen molar-refractivity contribution in [1.82, 2.24) is 9.97 Å². The molecule has 4 N–H and O–H groups in total. The Morgan fingerprint density at radius 3 is 2.57 bits per heavy atom. The molecule has 0 radical (unpaired) electrons. The summed E-state index contributed by atoms with van der Waals surface area (Å²) in [5.41, 5.74) is 1.99. The van der Waals surface area contributed by atoms with E-state index in [4.69, 9.17) is 14.7 Å². The predicted molar refractivity (Wildman–Crippen MR) is 119 cm³/mol. The van der Waals surface area contributed by atoms with Crippen molar-refractivity contribution < 1.29 is 14.9 Å². The van der Waals surface area contributed by atoms with Gasteiger partial charge >= 0.3 is 0 Å². The third kappa shape index (κ3) is 5.03. The minimum Gasteiger partial charge on any atom is -0.497 e. The highest BCUT2D eigenvalue weighted by Gasteiger charge is 2.28. The van der Waals surface area contributed by atoms with Gasteiger partial charge in [0, 0.05) is 32.3 Å². The van der Waals surface area contributed by atoms with Crippen LogP contribution in [0.5, 0.6) is 5.75 Å². The fraction of sp³-hybridized carbons (Fsp3) is 0.524. The molecule has 9 nitrogen and oxygen atoms in total. The quantitative estimate of drug-likeness (QED) is 0.437. The van der Waals surface area contributed by atoms with Crippen molar-refractivity contribution in [1.29, 1.82) is 0 Å². The molecule has 0 spiro atoms. The van der Waals surface area contributed by atoms with Crippen LogP contribution in [-0.4, -0.2) is 66.3 Å². The number of aliphatic hydroxyl groups is 2. The minimum absolute atomic E-state index is 0.00731. The Balaban J connectivity index is 1.89. The zero-order valence-electron chi connectivity index (χ0n) is 17.9. The number of fused-ring (bicyclic) bond motifs is 1. The molecular formula is C21H32N6O3. The lowest BCUT2D eigenvalue weighted by atomic mass is 10.2. The number of nitrogens with zero attached hydrogens (tertiary/aromatic N) is 4. The smallest absolute Gasteiger partial charge is 0.229 e. The first-order valence-electron chi connectivity index (χ1n) is 10.3. The van der Waals surface area contributed by atoms with Crippen LogP contribution >= 0.6 is 0 Å². The van der Waals surface area contributed by atoms with Gasteiger partial charge in [0.05, 0.1) is 20.4 Å². The van der Waals surface area contributed by atoms with E-state index < -0.39 is 0 Å². The van der Waals surface area contributed by atoms with Crippen LogP contribution < -0.4 is 25.2 Å². The largest absolute Gasteiger partial charge is 0.497 e. The molecule has 3 rings (SSSR count). The van der Waals surface area contributed by atoms with Crippen LogP contribution in [0, 0.1) is 0 Å². The van der Waals surface area contributed by atoms with Crippen LogP contribution in [0.4, 0.5) is 23.3 Å². The molecule has 1 aliphatic rings. The number of hydrogen-bond donors (Lipinski definition) is 4. The normalized spacial score (nSPS) is 12.7. The van der Waals surface area contributed by atoms with E-state index in [2.05, 4.69) is 29.4 Å². The van der Waals surface area contributed by atoms with E-state index in [1.165, 1.54) is 0 Å². The summed E-state index contributed by atoms with van der Waals surface area (Å²) < 4.78 is 5.22. The second-order valence-corrected chi connectivity index (χ2v) is 7.46. The summed E-state index contributed by atoms with van der Waals surface area (Å²) in [7, 11) is 1.65. The number of benzene rings is 1. The second kappa shape index (κ2) is 10.3. The van der Waals surface area contributed by atoms with Gasteiger partial charge in [-0.1, -0.05) is 12.1 Å². The molecule has 30 heavy (non-hydrogen) atoms. The molecule has 1 aliphatic heterocycles. The third-order valence-corrected chi connectivity index (χ3v) is 5.06. The third-order valence-electron chi connectivity index (χ3n) is 5.06. The molecule has 0 bridgehead atoms. The zero-order chi connectivity index (χ0) is 21.5. The first kappa shape index (κ1) is 21.9. The standard InChI is InChI=1S/C21H32N6O3/c1-15(2)27-14-23-18-19(22-13-16-5-7-17(30-3)8-6-16)24-21(25-20(18)27)26(10-12-29)9-4-11-28/h5-8,15,23,28-29H,4,9-14H2,1-3H3,(H,22,24,25). The number of rotatable bonds is 11. The molecule has 0 saturated heterocycles. The number of nitrogens with one attached hydrogen (secondary N) is 2. The molecule has 0 aliphatic carbocycles. The van der Waals surface area contributed by atoms with Crippen LogP contribution in [0.25, 0.3) is 0 Å². The van der Waals surface area contributed by atoms with Gasteiger partial charge in [-0.2, -0.15) is 9.97 Å². The summed E-state index contributed by atoms with van der Waals surface area (Å²) in [5, 5.41) is 25.6. The van der Waals surface area contributed by atoms with Gasteiger partial charge in [0.15, 0.2) is 11.6 Å². The van der Waals surface area contributed by atoms with Crippen molar-refractivity contribution >= 4 is 23.3 Å². The van der Waals surface area contributed by atoms with Crippen molar-refractivity contribution in [3.05, 3.63) is 29.8 Å². The van der Waals surface area contributed by atoms with Gasteiger partial charge in [0.1, 0.15) is 11.4 Å². The van der Waals surface area contributed by atoms with Crippen LogP contribution in [0.15, 0.2) is 24.3 Å². The van der Waals surface area contributed by atoms with E-state index in [0.717, 1.165) is 28.6 Å². The van der Waals surface area contributed by atoms with E-state index in [-0.39, 0.29) is 19.3 Å². The number of aliphatic hydroxyl groups excluding tert-OH is 2. The van der Waals surface area contributed by atoms with E-state index in [0.29, 0.717) is 38.7 Å². The van der Waals surface area contributed by atoms with Crippen molar-refractivity contribution in [3.8, 4) is 5.75 Å². The predicted octanol–water partition coefficient (Wildman–Crippen LogP) is 1.88. The summed E-state index contributed by atoms with van der Waals surface area (Å²) >= 11 is 0. The molecule has 164 valence electrons. The lowest BCUT2D eigenvalue weighted by molar-refractivity contribution is 0.280.